The van der Waals surface area contributed by atoms with Crippen molar-refractivity contribution in [1.29, 1.82) is 0 Å². The van der Waals surface area contributed by atoms with E-state index < -0.39 is 0 Å². The standard InChI is InChI=1S/C29H28N4OS2/c34-27(32-17-15-22(16-18-32)28-30-24-11-5-7-13-26(24)36-28)20-35-29-31-23-10-4-6-12-25(23)33(29)19-14-21-8-2-1-3-9-21/h1-13,22H,14-20H2. The highest BCUT2D eigenvalue weighted by Crippen LogP contribution is 2.34. The van der Waals surface area contributed by atoms with Crippen LogP contribution in [0.5, 0.6) is 0 Å². The first kappa shape index (κ1) is 23.3. The molecule has 1 aliphatic heterocycles. The Morgan fingerprint density at radius 3 is 2.42 bits per heavy atom. The lowest BCUT2D eigenvalue weighted by molar-refractivity contribution is -0.129. The number of para-hydroxylation sites is 3. The molecule has 36 heavy (non-hydrogen) atoms. The summed E-state index contributed by atoms with van der Waals surface area (Å²) in [5.41, 5.74) is 4.50. The van der Waals surface area contributed by atoms with Gasteiger partial charge in [0.15, 0.2) is 5.16 Å². The zero-order valence-electron chi connectivity index (χ0n) is 20.0. The lowest BCUT2D eigenvalue weighted by atomic mass is 9.97. The SMILES string of the molecule is O=C(CSc1nc2ccccc2n1CCc1ccccc1)N1CCC(c2nc3ccccc3s2)CC1. The van der Waals surface area contributed by atoms with Crippen LogP contribution in [0.15, 0.2) is 84.0 Å². The summed E-state index contributed by atoms with van der Waals surface area (Å²) in [7, 11) is 0. The van der Waals surface area contributed by atoms with Crippen molar-refractivity contribution in [1.82, 2.24) is 19.4 Å². The van der Waals surface area contributed by atoms with Crippen molar-refractivity contribution in [3.63, 3.8) is 0 Å². The van der Waals surface area contributed by atoms with Crippen LogP contribution in [-0.4, -0.2) is 44.2 Å². The van der Waals surface area contributed by atoms with Crippen molar-refractivity contribution in [2.75, 3.05) is 18.8 Å². The number of piperidine rings is 1. The molecule has 0 radical (unpaired) electrons. The average Bonchev–Trinajstić information content (AvgIpc) is 3.52. The van der Waals surface area contributed by atoms with Crippen molar-refractivity contribution < 1.29 is 4.79 Å². The normalized spacial score (nSPS) is 14.6. The van der Waals surface area contributed by atoms with Gasteiger partial charge in [-0.3, -0.25) is 4.79 Å². The van der Waals surface area contributed by atoms with Gasteiger partial charge in [0.25, 0.3) is 0 Å². The Morgan fingerprint density at radius 1 is 0.889 bits per heavy atom. The van der Waals surface area contributed by atoms with Gasteiger partial charge in [-0.05, 0) is 49.1 Å². The molecule has 1 fully saturated rings. The van der Waals surface area contributed by atoms with Gasteiger partial charge in [0, 0.05) is 25.6 Å². The summed E-state index contributed by atoms with van der Waals surface area (Å²) < 4.78 is 3.51. The third-order valence-corrected chi connectivity index (χ3v) is 9.08. The van der Waals surface area contributed by atoms with Gasteiger partial charge in [-0.2, -0.15) is 0 Å². The van der Waals surface area contributed by atoms with Crippen molar-refractivity contribution in [2.24, 2.45) is 0 Å². The van der Waals surface area contributed by atoms with Crippen molar-refractivity contribution in [2.45, 2.75) is 36.9 Å². The molecule has 3 aromatic carbocycles. The first-order valence-electron chi connectivity index (χ1n) is 12.5. The molecule has 1 aliphatic rings. The van der Waals surface area contributed by atoms with E-state index in [9.17, 15) is 4.79 Å². The Hall–Kier alpha value is -3.16. The van der Waals surface area contributed by atoms with E-state index in [0.29, 0.717) is 11.7 Å². The first-order valence-corrected chi connectivity index (χ1v) is 14.3. The van der Waals surface area contributed by atoms with Gasteiger partial charge in [-0.25, -0.2) is 9.97 Å². The van der Waals surface area contributed by atoms with E-state index in [1.807, 2.05) is 29.2 Å². The van der Waals surface area contributed by atoms with Crippen LogP contribution < -0.4 is 0 Å². The van der Waals surface area contributed by atoms with Crippen molar-refractivity contribution in [3.05, 3.63) is 89.4 Å². The van der Waals surface area contributed by atoms with E-state index in [4.69, 9.17) is 9.97 Å². The Morgan fingerprint density at radius 2 is 1.61 bits per heavy atom. The number of amides is 1. The summed E-state index contributed by atoms with van der Waals surface area (Å²) >= 11 is 3.36. The second-order valence-electron chi connectivity index (χ2n) is 9.23. The fraction of sp³-hybridized carbons (Fsp3) is 0.276. The van der Waals surface area contributed by atoms with E-state index in [-0.39, 0.29) is 5.91 Å². The lowest BCUT2D eigenvalue weighted by Gasteiger charge is -2.31. The Bertz CT molecular complexity index is 1450. The number of aryl methyl sites for hydroxylation is 2. The highest BCUT2D eigenvalue weighted by Gasteiger charge is 2.26. The summed E-state index contributed by atoms with van der Waals surface area (Å²) in [6.45, 7) is 2.43. The number of carbonyl (C=O) groups is 1. The highest BCUT2D eigenvalue weighted by molar-refractivity contribution is 7.99. The molecule has 0 aliphatic carbocycles. The van der Waals surface area contributed by atoms with E-state index in [1.165, 1.54) is 15.3 Å². The van der Waals surface area contributed by atoms with Crippen LogP contribution in [0.25, 0.3) is 21.3 Å². The van der Waals surface area contributed by atoms with Crippen molar-refractivity contribution >= 4 is 50.3 Å². The fourth-order valence-corrected chi connectivity index (χ4v) is 7.00. The molecule has 0 N–H and O–H groups in total. The van der Waals surface area contributed by atoms with Crippen LogP contribution in [0.3, 0.4) is 0 Å². The molecule has 0 spiro atoms. The molecule has 182 valence electrons. The van der Waals surface area contributed by atoms with Crippen LogP contribution in [0.1, 0.15) is 29.3 Å². The van der Waals surface area contributed by atoms with Crippen LogP contribution in [0.2, 0.25) is 0 Å². The minimum Gasteiger partial charge on any atom is -0.342 e. The summed E-state index contributed by atoms with van der Waals surface area (Å²) in [5, 5.41) is 2.13. The largest absolute Gasteiger partial charge is 0.342 e. The van der Waals surface area contributed by atoms with Crippen LogP contribution in [0, 0.1) is 0 Å². The minimum atomic E-state index is 0.199. The van der Waals surface area contributed by atoms with Crippen molar-refractivity contribution in [3.8, 4) is 0 Å². The second-order valence-corrected chi connectivity index (χ2v) is 11.2. The number of imidazole rings is 1. The zero-order valence-corrected chi connectivity index (χ0v) is 21.7. The summed E-state index contributed by atoms with van der Waals surface area (Å²) in [6, 6.07) is 27.1. The van der Waals surface area contributed by atoms with Gasteiger partial charge in [0.05, 0.1) is 32.0 Å². The Labute approximate surface area is 219 Å². The number of rotatable bonds is 7. The summed E-state index contributed by atoms with van der Waals surface area (Å²) in [4.78, 5) is 24.9. The quantitative estimate of drug-likeness (QED) is 0.237. The molecule has 5 nitrogen and oxygen atoms in total. The van der Waals surface area contributed by atoms with E-state index >= 15 is 0 Å². The number of hydrogen-bond acceptors (Lipinski definition) is 5. The highest BCUT2D eigenvalue weighted by atomic mass is 32.2. The number of aromatic nitrogens is 3. The Balaban J connectivity index is 1.09. The topological polar surface area (TPSA) is 51.0 Å². The van der Waals surface area contributed by atoms with Gasteiger partial charge < -0.3 is 9.47 Å². The van der Waals surface area contributed by atoms with E-state index in [0.717, 1.165) is 60.6 Å². The number of thioether (sulfide) groups is 1. The number of nitrogens with zero attached hydrogens (tertiary/aromatic N) is 4. The predicted molar refractivity (Wildman–Crippen MR) is 149 cm³/mol. The number of fused-ring (bicyclic) bond motifs is 2. The molecule has 0 saturated carbocycles. The maximum absolute atomic E-state index is 13.1. The second kappa shape index (κ2) is 10.4. The molecular formula is C29H28N4OS2. The molecule has 6 rings (SSSR count). The third kappa shape index (κ3) is 4.90. The molecule has 0 atom stereocenters. The molecule has 3 heterocycles. The molecule has 2 aromatic heterocycles. The van der Waals surface area contributed by atoms with Gasteiger partial charge in [0.1, 0.15) is 0 Å². The average molecular weight is 513 g/mol. The molecule has 1 amide bonds. The molecule has 5 aromatic rings. The van der Waals surface area contributed by atoms with Gasteiger partial charge in [-0.15, -0.1) is 11.3 Å². The van der Waals surface area contributed by atoms with Crippen LogP contribution >= 0.6 is 23.1 Å². The summed E-state index contributed by atoms with van der Waals surface area (Å²) in [6.07, 6.45) is 2.89. The zero-order chi connectivity index (χ0) is 24.3. The van der Waals surface area contributed by atoms with Gasteiger partial charge in [0.2, 0.25) is 5.91 Å². The number of carbonyl (C=O) groups excluding carboxylic acids is 1. The number of hydrogen-bond donors (Lipinski definition) is 0. The van der Waals surface area contributed by atoms with Crippen LogP contribution in [0.4, 0.5) is 0 Å². The monoisotopic (exact) mass is 512 g/mol. The maximum Gasteiger partial charge on any atom is 0.233 e. The van der Waals surface area contributed by atoms with E-state index in [2.05, 4.69) is 59.2 Å². The molecule has 0 bridgehead atoms. The Kier molecular flexibility index (Phi) is 6.75. The minimum absolute atomic E-state index is 0.199. The number of benzene rings is 3. The van der Waals surface area contributed by atoms with E-state index in [1.54, 1.807) is 23.1 Å². The number of likely N-dealkylation sites (tertiary alicyclic amines) is 1. The molecule has 1 saturated heterocycles. The molecular weight excluding hydrogens is 484 g/mol. The maximum atomic E-state index is 13.1. The smallest absolute Gasteiger partial charge is 0.233 e. The van der Waals surface area contributed by atoms with Gasteiger partial charge in [-0.1, -0.05) is 66.4 Å². The lowest BCUT2D eigenvalue weighted by Crippen LogP contribution is -2.39. The molecule has 0 unspecified atom stereocenters. The van der Waals surface area contributed by atoms with Crippen LogP contribution in [-0.2, 0) is 17.8 Å². The predicted octanol–water partition coefficient (Wildman–Crippen LogP) is 6.39. The summed E-state index contributed by atoms with van der Waals surface area (Å²) in [5.74, 6) is 1.06. The fourth-order valence-electron chi connectivity index (χ4n) is 4.92. The first-order chi connectivity index (χ1) is 17.7. The molecule has 7 heteroatoms. The number of thiazole rings is 1. The van der Waals surface area contributed by atoms with Gasteiger partial charge >= 0.3 is 0 Å². The third-order valence-electron chi connectivity index (χ3n) is 6.92.